The second-order valence-electron chi connectivity index (χ2n) is 12.2. The molecule has 0 aromatic carbocycles. The maximum Gasteiger partial charge on any atom is -0.0252 e. The standard InChI is InChI=1S/C27H52/c1-11-20(6)26(10,19(4)5)21(7)12-13-27-15-24(16-27)14-25(17-27)23(9)22(8)18(2)3/h18-25H,11-17H2,1-10H3. The average molecular weight is 377 g/mol. The summed E-state index contributed by atoms with van der Waals surface area (Å²) < 4.78 is 0. The van der Waals surface area contributed by atoms with Gasteiger partial charge in [0.15, 0.2) is 0 Å². The zero-order valence-corrected chi connectivity index (χ0v) is 20.6. The summed E-state index contributed by atoms with van der Waals surface area (Å²) in [4.78, 5) is 0. The van der Waals surface area contributed by atoms with Gasteiger partial charge in [0, 0.05) is 0 Å². The Bertz CT molecular complexity index is 455. The molecule has 0 aromatic rings. The zero-order valence-electron chi connectivity index (χ0n) is 20.6. The Morgan fingerprint density at radius 3 is 1.96 bits per heavy atom. The fraction of sp³-hybridized carbons (Fsp3) is 1.00. The van der Waals surface area contributed by atoms with Crippen LogP contribution < -0.4 is 0 Å². The Balaban J connectivity index is 1.99. The Labute approximate surface area is 172 Å². The van der Waals surface area contributed by atoms with Crippen LogP contribution in [0.1, 0.15) is 114 Å². The third-order valence-corrected chi connectivity index (χ3v) is 10.5. The summed E-state index contributed by atoms with van der Waals surface area (Å²) in [7, 11) is 0. The monoisotopic (exact) mass is 376 g/mol. The third-order valence-electron chi connectivity index (χ3n) is 10.5. The lowest BCUT2D eigenvalue weighted by atomic mass is 9.47. The topological polar surface area (TPSA) is 0 Å². The summed E-state index contributed by atoms with van der Waals surface area (Å²) in [6.45, 7) is 24.9. The van der Waals surface area contributed by atoms with E-state index in [-0.39, 0.29) is 0 Å². The van der Waals surface area contributed by atoms with Gasteiger partial charge in [0.2, 0.25) is 0 Å². The van der Waals surface area contributed by atoms with Gasteiger partial charge in [-0.1, -0.05) is 75.7 Å². The Morgan fingerprint density at radius 2 is 1.48 bits per heavy atom. The summed E-state index contributed by atoms with van der Waals surface area (Å²) in [6.07, 6.45) is 10.5. The average Bonchev–Trinajstić information content (AvgIpc) is 2.62. The first-order chi connectivity index (χ1) is 12.5. The van der Waals surface area contributed by atoms with E-state index in [1.807, 2.05) is 0 Å². The van der Waals surface area contributed by atoms with Crippen molar-refractivity contribution in [2.45, 2.75) is 114 Å². The third kappa shape index (κ3) is 4.61. The van der Waals surface area contributed by atoms with Gasteiger partial charge in [0.1, 0.15) is 0 Å². The highest BCUT2D eigenvalue weighted by Crippen LogP contribution is 2.62. The van der Waals surface area contributed by atoms with E-state index in [0.717, 1.165) is 52.8 Å². The van der Waals surface area contributed by atoms with E-state index >= 15 is 0 Å². The molecule has 2 bridgehead atoms. The van der Waals surface area contributed by atoms with Crippen molar-refractivity contribution in [3.63, 3.8) is 0 Å². The molecule has 160 valence electrons. The lowest BCUT2D eigenvalue weighted by Gasteiger charge is -2.58. The van der Waals surface area contributed by atoms with Gasteiger partial charge in [-0.25, -0.2) is 0 Å². The SMILES string of the molecule is CCC(C)C(C)(C(C)C)C(C)CCC12CC(CC(C(C)C(C)C(C)C)C1)C2. The van der Waals surface area contributed by atoms with Gasteiger partial charge in [-0.3, -0.25) is 0 Å². The van der Waals surface area contributed by atoms with E-state index in [2.05, 4.69) is 69.2 Å². The molecule has 0 saturated heterocycles. The molecule has 0 heteroatoms. The van der Waals surface area contributed by atoms with E-state index in [0.29, 0.717) is 5.41 Å². The van der Waals surface area contributed by atoms with Crippen LogP contribution in [-0.2, 0) is 0 Å². The van der Waals surface area contributed by atoms with Gasteiger partial charge in [0.05, 0.1) is 0 Å². The predicted octanol–water partition coefficient (Wildman–Crippen LogP) is 8.85. The van der Waals surface area contributed by atoms with Crippen molar-refractivity contribution in [3.8, 4) is 0 Å². The minimum atomic E-state index is 0.488. The summed E-state index contributed by atoms with van der Waals surface area (Å²) in [6, 6.07) is 0. The number of rotatable bonds is 10. The highest BCUT2D eigenvalue weighted by Gasteiger charge is 2.51. The fourth-order valence-corrected chi connectivity index (χ4v) is 7.21. The first-order valence-electron chi connectivity index (χ1n) is 12.5. The van der Waals surface area contributed by atoms with Crippen LogP contribution in [0.3, 0.4) is 0 Å². The minimum Gasteiger partial charge on any atom is -0.0651 e. The molecule has 0 aromatic heterocycles. The number of hydrogen-bond donors (Lipinski definition) is 0. The molecular formula is C27H52. The number of fused-ring (bicyclic) bond motifs is 2. The van der Waals surface area contributed by atoms with Crippen LogP contribution in [0.4, 0.5) is 0 Å². The fourth-order valence-electron chi connectivity index (χ4n) is 7.21. The summed E-state index contributed by atoms with van der Waals surface area (Å²) >= 11 is 0. The Morgan fingerprint density at radius 1 is 0.889 bits per heavy atom. The molecule has 3 fully saturated rings. The van der Waals surface area contributed by atoms with Crippen LogP contribution in [0.25, 0.3) is 0 Å². The lowest BCUT2D eigenvalue weighted by Crippen LogP contribution is -2.48. The van der Waals surface area contributed by atoms with Crippen molar-refractivity contribution in [3.05, 3.63) is 0 Å². The van der Waals surface area contributed by atoms with E-state index in [4.69, 9.17) is 0 Å². The van der Waals surface area contributed by atoms with Crippen molar-refractivity contribution in [2.24, 2.45) is 58.2 Å². The van der Waals surface area contributed by atoms with Gasteiger partial charge >= 0.3 is 0 Å². The van der Waals surface area contributed by atoms with Crippen molar-refractivity contribution in [2.75, 3.05) is 0 Å². The first-order valence-corrected chi connectivity index (χ1v) is 12.5. The maximum atomic E-state index is 2.59. The molecule has 0 aliphatic heterocycles. The van der Waals surface area contributed by atoms with Crippen LogP contribution >= 0.6 is 0 Å². The van der Waals surface area contributed by atoms with Crippen molar-refractivity contribution < 1.29 is 0 Å². The van der Waals surface area contributed by atoms with Crippen LogP contribution in [-0.4, -0.2) is 0 Å². The summed E-state index contributed by atoms with van der Waals surface area (Å²) in [5, 5.41) is 0. The normalized spacial score (nSPS) is 34.7. The second kappa shape index (κ2) is 8.79. The molecule has 3 rings (SSSR count). The van der Waals surface area contributed by atoms with Crippen LogP contribution in [0.5, 0.6) is 0 Å². The molecular weight excluding hydrogens is 324 g/mol. The van der Waals surface area contributed by atoms with E-state index in [1.165, 1.54) is 32.1 Å². The molecule has 3 aliphatic rings. The lowest BCUT2D eigenvalue weighted by molar-refractivity contribution is -0.0755. The molecule has 0 nitrogen and oxygen atoms in total. The Kier molecular flexibility index (Phi) is 7.58. The van der Waals surface area contributed by atoms with E-state index in [1.54, 1.807) is 12.8 Å². The Hall–Kier alpha value is 0. The maximum absolute atomic E-state index is 2.59. The molecule has 3 saturated carbocycles. The predicted molar refractivity (Wildman–Crippen MR) is 122 cm³/mol. The molecule has 0 radical (unpaired) electrons. The van der Waals surface area contributed by atoms with Gasteiger partial charge in [-0.15, -0.1) is 0 Å². The van der Waals surface area contributed by atoms with E-state index in [9.17, 15) is 0 Å². The van der Waals surface area contributed by atoms with Crippen molar-refractivity contribution in [1.82, 2.24) is 0 Å². The smallest absolute Gasteiger partial charge is 0.0252 e. The minimum absolute atomic E-state index is 0.488. The van der Waals surface area contributed by atoms with Crippen molar-refractivity contribution in [1.29, 1.82) is 0 Å². The molecule has 0 amide bonds. The van der Waals surface area contributed by atoms with Gasteiger partial charge in [-0.05, 0) is 96.7 Å². The van der Waals surface area contributed by atoms with Gasteiger partial charge in [-0.2, -0.15) is 0 Å². The molecule has 3 aliphatic carbocycles. The first kappa shape index (κ1) is 23.3. The van der Waals surface area contributed by atoms with Gasteiger partial charge in [0.25, 0.3) is 0 Å². The van der Waals surface area contributed by atoms with Crippen LogP contribution in [0, 0.1) is 58.2 Å². The number of hydrogen-bond acceptors (Lipinski definition) is 0. The largest absolute Gasteiger partial charge is 0.0651 e. The van der Waals surface area contributed by atoms with Crippen molar-refractivity contribution >= 4 is 0 Å². The molecule has 27 heavy (non-hydrogen) atoms. The highest BCUT2D eigenvalue weighted by molar-refractivity contribution is 5.02. The summed E-state index contributed by atoms with van der Waals surface area (Å²) in [5.41, 5.74) is 1.21. The van der Waals surface area contributed by atoms with Gasteiger partial charge < -0.3 is 0 Å². The second-order valence-corrected chi connectivity index (χ2v) is 12.2. The quantitative estimate of drug-likeness (QED) is 0.357. The highest BCUT2D eigenvalue weighted by atomic mass is 14.6. The van der Waals surface area contributed by atoms with E-state index < -0.39 is 0 Å². The van der Waals surface area contributed by atoms with Crippen LogP contribution in [0.2, 0.25) is 0 Å². The summed E-state index contributed by atoms with van der Waals surface area (Å²) in [5.74, 6) is 7.11. The van der Waals surface area contributed by atoms with Crippen LogP contribution in [0.15, 0.2) is 0 Å². The molecule has 6 atom stereocenters. The zero-order chi connectivity index (χ0) is 20.6. The molecule has 0 N–H and O–H groups in total. The molecule has 0 heterocycles. The molecule has 6 unspecified atom stereocenters. The molecule has 0 spiro atoms.